The molecular weight excluding hydrogens is 403 g/mol. The van der Waals surface area contributed by atoms with E-state index in [9.17, 15) is 23.1 Å². The number of rotatable bonds is 8. The van der Waals surface area contributed by atoms with Crippen LogP contribution in [0, 0.1) is 5.92 Å². The van der Waals surface area contributed by atoms with Crippen LogP contribution in [-0.4, -0.2) is 15.6 Å². The molecular formula is C25H32F3NO2. The number of aromatic nitrogens is 1. The fourth-order valence-corrected chi connectivity index (χ4v) is 4.77. The number of halogens is 3. The van der Waals surface area contributed by atoms with Gasteiger partial charge in [-0.15, -0.1) is 0 Å². The number of hydrogen-bond donors (Lipinski definition) is 1. The Labute approximate surface area is 182 Å². The number of carboxylic acid groups (broad SMARTS) is 1. The Balaban J connectivity index is 2.12. The number of benzene rings is 1. The summed E-state index contributed by atoms with van der Waals surface area (Å²) in [5, 5.41) is 9.43. The quantitative estimate of drug-likeness (QED) is 0.478. The highest BCUT2D eigenvalue weighted by Gasteiger charge is 2.34. The van der Waals surface area contributed by atoms with Gasteiger partial charge in [-0.3, -0.25) is 4.79 Å². The van der Waals surface area contributed by atoms with Crippen LogP contribution in [0.15, 0.2) is 30.3 Å². The van der Waals surface area contributed by atoms with Gasteiger partial charge in [0.25, 0.3) is 0 Å². The Kier molecular flexibility index (Phi) is 6.87. The van der Waals surface area contributed by atoms with Crippen molar-refractivity contribution in [1.82, 2.24) is 4.57 Å². The van der Waals surface area contributed by atoms with Gasteiger partial charge in [0.2, 0.25) is 0 Å². The largest absolute Gasteiger partial charge is 0.481 e. The summed E-state index contributed by atoms with van der Waals surface area (Å²) in [6, 6.07) is 7.57. The van der Waals surface area contributed by atoms with Crippen LogP contribution in [0.1, 0.15) is 99.3 Å². The molecule has 2 aromatic rings. The predicted molar refractivity (Wildman–Crippen MR) is 115 cm³/mol. The summed E-state index contributed by atoms with van der Waals surface area (Å²) in [6.07, 6.45) is -0.901. The van der Waals surface area contributed by atoms with Gasteiger partial charge in [-0.1, -0.05) is 39.8 Å². The second-order valence-electron chi connectivity index (χ2n) is 9.44. The number of aryl methyl sites for hydroxylation is 1. The molecule has 2 unspecified atom stereocenters. The highest BCUT2D eigenvalue weighted by atomic mass is 19.4. The van der Waals surface area contributed by atoms with Crippen LogP contribution in [0.2, 0.25) is 0 Å². The summed E-state index contributed by atoms with van der Waals surface area (Å²) in [6.45, 7) is 8.50. The number of aliphatic carboxylic acids is 1. The molecule has 1 aliphatic rings. The first-order valence-corrected chi connectivity index (χ1v) is 11.1. The molecule has 0 amide bonds. The molecule has 170 valence electrons. The zero-order valence-electron chi connectivity index (χ0n) is 18.7. The van der Waals surface area contributed by atoms with Crippen molar-refractivity contribution in [1.29, 1.82) is 0 Å². The summed E-state index contributed by atoms with van der Waals surface area (Å²) >= 11 is 0. The minimum atomic E-state index is -4.36. The number of alkyl halides is 3. The first kappa shape index (κ1) is 23.4. The third-order valence-corrected chi connectivity index (χ3v) is 6.30. The molecule has 3 nitrogen and oxygen atoms in total. The summed E-state index contributed by atoms with van der Waals surface area (Å²) in [4.78, 5) is 11.5. The van der Waals surface area contributed by atoms with Crippen molar-refractivity contribution in [3.05, 3.63) is 58.4 Å². The highest BCUT2D eigenvalue weighted by Crippen LogP contribution is 2.43. The SMILES string of the molecule is CC(C)CCC(c1ccc(C(F)(F)F)cc1)n1c(C(C)C)cc2c1C(CC(=O)O)CC2. The van der Waals surface area contributed by atoms with E-state index in [1.807, 2.05) is 0 Å². The average Bonchev–Trinajstić information content (AvgIpc) is 3.22. The lowest BCUT2D eigenvalue weighted by molar-refractivity contribution is -0.138. The van der Waals surface area contributed by atoms with Gasteiger partial charge in [0.1, 0.15) is 0 Å². The van der Waals surface area contributed by atoms with Crippen molar-refractivity contribution in [3.8, 4) is 0 Å². The van der Waals surface area contributed by atoms with Crippen LogP contribution in [0.5, 0.6) is 0 Å². The minimum Gasteiger partial charge on any atom is -0.481 e. The lowest BCUT2D eigenvalue weighted by atomic mass is 9.94. The molecule has 2 atom stereocenters. The normalized spacial score (nSPS) is 17.4. The Morgan fingerprint density at radius 3 is 2.29 bits per heavy atom. The van der Waals surface area contributed by atoms with Crippen LogP contribution in [-0.2, 0) is 17.4 Å². The third-order valence-electron chi connectivity index (χ3n) is 6.30. The second-order valence-corrected chi connectivity index (χ2v) is 9.44. The van der Waals surface area contributed by atoms with Crippen molar-refractivity contribution >= 4 is 5.97 Å². The lowest BCUT2D eigenvalue weighted by Crippen LogP contribution is -2.20. The fraction of sp³-hybridized carbons (Fsp3) is 0.560. The monoisotopic (exact) mass is 435 g/mol. The smallest absolute Gasteiger partial charge is 0.416 e. The van der Waals surface area contributed by atoms with Crippen molar-refractivity contribution in [2.24, 2.45) is 5.92 Å². The maximum absolute atomic E-state index is 13.1. The topological polar surface area (TPSA) is 42.2 Å². The predicted octanol–water partition coefficient (Wildman–Crippen LogP) is 7.16. The molecule has 0 bridgehead atoms. The molecule has 0 saturated heterocycles. The Hall–Kier alpha value is -2.24. The molecule has 0 saturated carbocycles. The Morgan fingerprint density at radius 1 is 1.13 bits per heavy atom. The average molecular weight is 436 g/mol. The Morgan fingerprint density at radius 2 is 1.77 bits per heavy atom. The maximum Gasteiger partial charge on any atom is 0.416 e. The van der Waals surface area contributed by atoms with E-state index in [0.29, 0.717) is 5.92 Å². The summed E-state index contributed by atoms with van der Waals surface area (Å²) in [5.74, 6) is -0.189. The molecule has 1 aromatic carbocycles. The van der Waals surface area contributed by atoms with Gasteiger partial charge in [0.15, 0.2) is 0 Å². The number of carbonyl (C=O) groups is 1. The van der Waals surface area contributed by atoms with Crippen molar-refractivity contribution in [2.45, 2.75) is 83.9 Å². The van der Waals surface area contributed by atoms with Crippen molar-refractivity contribution in [3.63, 3.8) is 0 Å². The Bertz CT molecular complexity index is 910. The van der Waals surface area contributed by atoms with Crippen molar-refractivity contribution < 1.29 is 23.1 Å². The molecule has 1 N–H and O–H groups in total. The number of carboxylic acids is 1. The van der Waals surface area contributed by atoms with Crippen LogP contribution < -0.4 is 0 Å². The van der Waals surface area contributed by atoms with E-state index in [0.717, 1.165) is 54.8 Å². The maximum atomic E-state index is 13.1. The first-order valence-electron chi connectivity index (χ1n) is 11.1. The van der Waals surface area contributed by atoms with Crippen molar-refractivity contribution in [2.75, 3.05) is 0 Å². The molecule has 1 aliphatic carbocycles. The number of hydrogen-bond acceptors (Lipinski definition) is 1. The van der Waals surface area contributed by atoms with E-state index in [2.05, 4.69) is 38.3 Å². The second kappa shape index (κ2) is 9.09. The van der Waals surface area contributed by atoms with Gasteiger partial charge in [-0.05, 0) is 66.8 Å². The molecule has 31 heavy (non-hydrogen) atoms. The minimum absolute atomic E-state index is 0.0593. The molecule has 0 fully saturated rings. The first-order chi connectivity index (χ1) is 14.5. The van der Waals surface area contributed by atoms with E-state index in [1.54, 1.807) is 12.1 Å². The van der Waals surface area contributed by atoms with E-state index < -0.39 is 17.7 Å². The summed E-state index contributed by atoms with van der Waals surface area (Å²) in [5.41, 5.74) is 3.59. The molecule has 0 radical (unpaired) electrons. The fourth-order valence-electron chi connectivity index (χ4n) is 4.77. The van der Waals surface area contributed by atoms with Crippen LogP contribution in [0.3, 0.4) is 0 Å². The van der Waals surface area contributed by atoms with E-state index in [-0.39, 0.29) is 24.3 Å². The van der Waals surface area contributed by atoms with Crippen LogP contribution >= 0.6 is 0 Å². The van der Waals surface area contributed by atoms with Gasteiger partial charge in [0.05, 0.1) is 18.0 Å². The van der Waals surface area contributed by atoms with Gasteiger partial charge < -0.3 is 9.67 Å². The van der Waals surface area contributed by atoms with Gasteiger partial charge in [0, 0.05) is 17.3 Å². The molecule has 1 heterocycles. The standard InChI is InChI=1S/C25H32F3NO2/c1-15(2)5-12-21(17-8-10-20(11-9-17)25(26,27)28)29-22(16(3)4)13-18-6-7-19(24(18)29)14-23(30)31/h8-11,13,15-16,19,21H,5-7,12,14H2,1-4H3,(H,30,31). The molecule has 1 aromatic heterocycles. The summed E-state index contributed by atoms with van der Waals surface area (Å²) in [7, 11) is 0. The van der Waals surface area contributed by atoms with E-state index >= 15 is 0 Å². The number of nitrogens with zero attached hydrogens (tertiary/aromatic N) is 1. The van der Waals surface area contributed by atoms with E-state index in [1.165, 1.54) is 5.56 Å². The molecule has 3 rings (SSSR count). The zero-order valence-corrected chi connectivity index (χ0v) is 18.7. The zero-order chi connectivity index (χ0) is 22.9. The lowest BCUT2D eigenvalue weighted by Gasteiger charge is -2.29. The van der Waals surface area contributed by atoms with E-state index in [4.69, 9.17) is 0 Å². The molecule has 6 heteroatoms. The molecule has 0 spiro atoms. The summed E-state index contributed by atoms with van der Waals surface area (Å²) < 4.78 is 41.6. The van der Waals surface area contributed by atoms with Gasteiger partial charge in [-0.25, -0.2) is 0 Å². The third kappa shape index (κ3) is 5.16. The van der Waals surface area contributed by atoms with Gasteiger partial charge >= 0.3 is 12.1 Å². The van der Waals surface area contributed by atoms with Crippen LogP contribution in [0.25, 0.3) is 0 Å². The van der Waals surface area contributed by atoms with Gasteiger partial charge in [-0.2, -0.15) is 13.2 Å². The highest BCUT2D eigenvalue weighted by molar-refractivity contribution is 5.68. The molecule has 0 aliphatic heterocycles. The number of fused-ring (bicyclic) bond motifs is 1. The van der Waals surface area contributed by atoms with Crippen LogP contribution in [0.4, 0.5) is 13.2 Å².